The summed E-state index contributed by atoms with van der Waals surface area (Å²) in [5, 5.41) is 12.7. The largest absolute Gasteiger partial charge is 0.389 e. The van der Waals surface area contributed by atoms with E-state index in [1.54, 1.807) is 18.7 Å². The van der Waals surface area contributed by atoms with E-state index in [0.717, 1.165) is 17.9 Å². The van der Waals surface area contributed by atoms with Crippen molar-refractivity contribution in [1.82, 2.24) is 4.90 Å². The fraction of sp³-hybridized carbons (Fsp3) is 0.562. The summed E-state index contributed by atoms with van der Waals surface area (Å²) in [6.07, 6.45) is 3.13. The highest BCUT2D eigenvalue weighted by molar-refractivity contribution is 7.98. The van der Waals surface area contributed by atoms with Gasteiger partial charge < -0.3 is 15.3 Å². The van der Waals surface area contributed by atoms with Crippen LogP contribution in [0.15, 0.2) is 24.3 Å². The molecule has 1 rings (SSSR count). The number of benzene rings is 1. The Morgan fingerprint density at radius 2 is 1.95 bits per heavy atom. The van der Waals surface area contributed by atoms with Crippen molar-refractivity contribution in [3.8, 4) is 0 Å². The van der Waals surface area contributed by atoms with Gasteiger partial charge in [-0.2, -0.15) is 11.8 Å². The molecule has 0 aliphatic rings. The lowest BCUT2D eigenvalue weighted by molar-refractivity contribution is 0.0501. The topological polar surface area (TPSA) is 52.6 Å². The minimum absolute atomic E-state index is 0.184. The first-order valence-corrected chi connectivity index (χ1v) is 8.61. The van der Waals surface area contributed by atoms with Gasteiger partial charge in [-0.3, -0.25) is 0 Å². The lowest BCUT2D eigenvalue weighted by Gasteiger charge is -2.28. The molecule has 0 saturated heterocycles. The van der Waals surface area contributed by atoms with Gasteiger partial charge >= 0.3 is 6.03 Å². The SMILES string of the molecule is CCN(CC(C)(C)O)C(=O)Nc1ccc(CCSC)cc1. The number of amides is 2. The van der Waals surface area contributed by atoms with E-state index in [0.29, 0.717) is 13.1 Å². The van der Waals surface area contributed by atoms with Crippen LogP contribution in [0, 0.1) is 0 Å². The second kappa shape index (κ2) is 8.29. The Labute approximate surface area is 131 Å². The van der Waals surface area contributed by atoms with Gasteiger partial charge in [0.05, 0.1) is 12.1 Å². The molecule has 4 nitrogen and oxygen atoms in total. The zero-order valence-corrected chi connectivity index (χ0v) is 14.2. The molecule has 0 bridgehead atoms. The Morgan fingerprint density at radius 1 is 1.33 bits per heavy atom. The summed E-state index contributed by atoms with van der Waals surface area (Å²) in [6.45, 7) is 6.16. The second-order valence-electron chi connectivity index (χ2n) is 5.70. The number of rotatable bonds is 7. The maximum absolute atomic E-state index is 12.2. The zero-order chi connectivity index (χ0) is 15.9. The highest BCUT2D eigenvalue weighted by atomic mass is 32.2. The van der Waals surface area contributed by atoms with Crippen molar-refractivity contribution in [3.63, 3.8) is 0 Å². The molecule has 118 valence electrons. The number of likely N-dealkylation sites (N-methyl/N-ethyl adjacent to an activating group) is 1. The van der Waals surface area contributed by atoms with Gasteiger partial charge in [-0.05, 0) is 56.9 Å². The first-order chi connectivity index (χ1) is 9.85. The Kier molecular flexibility index (Phi) is 7.05. The van der Waals surface area contributed by atoms with Crippen molar-refractivity contribution in [1.29, 1.82) is 0 Å². The van der Waals surface area contributed by atoms with Crippen LogP contribution in [0.4, 0.5) is 10.5 Å². The first kappa shape index (κ1) is 17.9. The summed E-state index contributed by atoms with van der Waals surface area (Å²) in [4.78, 5) is 13.8. The third-order valence-corrected chi connectivity index (χ3v) is 3.66. The highest BCUT2D eigenvalue weighted by Crippen LogP contribution is 2.13. The van der Waals surface area contributed by atoms with Gasteiger partial charge in [-0.1, -0.05) is 12.1 Å². The number of nitrogens with one attached hydrogen (secondary N) is 1. The van der Waals surface area contributed by atoms with Gasteiger partial charge in [-0.15, -0.1) is 0 Å². The molecule has 0 radical (unpaired) electrons. The van der Waals surface area contributed by atoms with Crippen LogP contribution in [0.3, 0.4) is 0 Å². The van der Waals surface area contributed by atoms with Crippen LogP contribution in [0.1, 0.15) is 26.3 Å². The lowest BCUT2D eigenvalue weighted by atomic mass is 10.1. The fourth-order valence-electron chi connectivity index (χ4n) is 1.97. The summed E-state index contributed by atoms with van der Waals surface area (Å²) >= 11 is 1.82. The standard InChI is InChI=1S/C16H26N2O2S/c1-5-18(12-16(2,3)20)15(19)17-14-8-6-13(7-9-14)10-11-21-4/h6-9,20H,5,10-12H2,1-4H3,(H,17,19). The monoisotopic (exact) mass is 310 g/mol. The Balaban J connectivity index is 2.60. The van der Waals surface area contributed by atoms with Gasteiger partial charge in [0, 0.05) is 12.2 Å². The predicted octanol–water partition coefficient (Wildman–Crippen LogP) is 3.22. The van der Waals surface area contributed by atoms with Crippen LogP contribution in [-0.2, 0) is 6.42 Å². The normalized spacial score (nSPS) is 11.3. The van der Waals surface area contributed by atoms with E-state index in [4.69, 9.17) is 0 Å². The average molecular weight is 310 g/mol. The smallest absolute Gasteiger partial charge is 0.321 e. The molecule has 0 fully saturated rings. The van der Waals surface area contributed by atoms with E-state index in [1.807, 2.05) is 43.0 Å². The van der Waals surface area contributed by atoms with E-state index in [2.05, 4.69) is 11.6 Å². The van der Waals surface area contributed by atoms with Crippen molar-refractivity contribution in [2.75, 3.05) is 30.4 Å². The van der Waals surface area contributed by atoms with Crippen LogP contribution in [0.25, 0.3) is 0 Å². The van der Waals surface area contributed by atoms with Gasteiger partial charge in [-0.25, -0.2) is 4.79 Å². The van der Waals surface area contributed by atoms with Crippen molar-refractivity contribution in [3.05, 3.63) is 29.8 Å². The molecule has 0 aromatic heterocycles. The van der Waals surface area contributed by atoms with Crippen molar-refractivity contribution >= 4 is 23.5 Å². The number of carbonyl (C=O) groups excluding carboxylic acids is 1. The van der Waals surface area contributed by atoms with E-state index < -0.39 is 5.60 Å². The molecule has 2 N–H and O–H groups in total. The van der Waals surface area contributed by atoms with Crippen LogP contribution in [-0.4, -0.2) is 46.7 Å². The van der Waals surface area contributed by atoms with Gasteiger partial charge in [0.2, 0.25) is 0 Å². The molecule has 0 aliphatic carbocycles. The molecule has 5 heteroatoms. The molecule has 21 heavy (non-hydrogen) atoms. The maximum atomic E-state index is 12.2. The Hall–Kier alpha value is -1.20. The third kappa shape index (κ3) is 6.87. The van der Waals surface area contributed by atoms with Crippen molar-refractivity contribution < 1.29 is 9.90 Å². The number of carbonyl (C=O) groups is 1. The third-order valence-electron chi connectivity index (χ3n) is 3.05. The molecule has 1 aromatic rings. The first-order valence-electron chi connectivity index (χ1n) is 7.22. The lowest BCUT2D eigenvalue weighted by Crippen LogP contribution is -2.44. The van der Waals surface area contributed by atoms with Crippen LogP contribution >= 0.6 is 11.8 Å². The van der Waals surface area contributed by atoms with Gasteiger partial charge in [0.15, 0.2) is 0 Å². The number of urea groups is 1. The molecule has 0 heterocycles. The van der Waals surface area contributed by atoms with E-state index in [-0.39, 0.29) is 6.03 Å². The predicted molar refractivity (Wildman–Crippen MR) is 91.1 cm³/mol. The Morgan fingerprint density at radius 3 is 2.43 bits per heavy atom. The molecule has 2 amide bonds. The number of aliphatic hydroxyl groups is 1. The van der Waals surface area contributed by atoms with Crippen LogP contribution < -0.4 is 5.32 Å². The minimum Gasteiger partial charge on any atom is -0.389 e. The number of anilines is 1. The molecular formula is C16H26N2O2S. The number of hydrogen-bond donors (Lipinski definition) is 2. The number of hydrogen-bond acceptors (Lipinski definition) is 3. The fourth-order valence-corrected chi connectivity index (χ4v) is 2.41. The molecule has 0 atom stereocenters. The van der Waals surface area contributed by atoms with E-state index >= 15 is 0 Å². The molecular weight excluding hydrogens is 284 g/mol. The minimum atomic E-state index is -0.894. The number of thioether (sulfide) groups is 1. The van der Waals surface area contributed by atoms with Crippen LogP contribution in [0.5, 0.6) is 0 Å². The van der Waals surface area contributed by atoms with Gasteiger partial charge in [0.1, 0.15) is 0 Å². The summed E-state index contributed by atoms with van der Waals surface area (Å²) in [5.74, 6) is 1.10. The van der Waals surface area contributed by atoms with Crippen molar-refractivity contribution in [2.24, 2.45) is 0 Å². The number of aryl methyl sites for hydroxylation is 1. The summed E-state index contributed by atoms with van der Waals surface area (Å²) in [6, 6.07) is 7.74. The van der Waals surface area contributed by atoms with Crippen LogP contribution in [0.2, 0.25) is 0 Å². The maximum Gasteiger partial charge on any atom is 0.321 e. The van der Waals surface area contributed by atoms with Gasteiger partial charge in [0.25, 0.3) is 0 Å². The summed E-state index contributed by atoms with van der Waals surface area (Å²) in [7, 11) is 0. The zero-order valence-electron chi connectivity index (χ0n) is 13.3. The highest BCUT2D eigenvalue weighted by Gasteiger charge is 2.21. The molecule has 1 aromatic carbocycles. The molecule has 0 unspecified atom stereocenters. The average Bonchev–Trinajstić information content (AvgIpc) is 2.43. The van der Waals surface area contributed by atoms with Crippen molar-refractivity contribution in [2.45, 2.75) is 32.8 Å². The summed E-state index contributed by atoms with van der Waals surface area (Å²) in [5.41, 5.74) is 1.16. The molecule has 0 spiro atoms. The quantitative estimate of drug-likeness (QED) is 0.813. The second-order valence-corrected chi connectivity index (χ2v) is 6.68. The van der Waals surface area contributed by atoms with E-state index in [1.165, 1.54) is 5.56 Å². The number of nitrogens with zero attached hydrogens (tertiary/aromatic N) is 1. The summed E-state index contributed by atoms with van der Waals surface area (Å²) < 4.78 is 0. The van der Waals surface area contributed by atoms with E-state index in [9.17, 15) is 9.90 Å². The Bertz CT molecular complexity index is 441. The molecule has 0 aliphatic heterocycles. The molecule has 0 saturated carbocycles.